The predicted octanol–water partition coefficient (Wildman–Crippen LogP) is -0.797. The first kappa shape index (κ1) is 12.9. The summed E-state index contributed by atoms with van der Waals surface area (Å²) in [7, 11) is 1.69. The van der Waals surface area contributed by atoms with Crippen molar-refractivity contribution in [2.75, 3.05) is 33.2 Å². The molecule has 1 N–H and O–H groups in total. The fourth-order valence-corrected chi connectivity index (χ4v) is 2.42. The monoisotopic (exact) mass is 253 g/mol. The van der Waals surface area contributed by atoms with Crippen LogP contribution in [-0.4, -0.2) is 60.7 Å². The lowest BCUT2D eigenvalue weighted by molar-refractivity contribution is -0.133. The van der Waals surface area contributed by atoms with E-state index in [-0.39, 0.29) is 36.6 Å². The van der Waals surface area contributed by atoms with Crippen LogP contribution in [0.2, 0.25) is 0 Å². The summed E-state index contributed by atoms with van der Waals surface area (Å²) in [6, 6.07) is 0. The number of hydrogen-bond acceptors (Lipinski definition) is 3. The third-order valence-corrected chi connectivity index (χ3v) is 3.58. The molecule has 0 aromatic heterocycles. The molecule has 2 heterocycles. The number of nitrogens with zero attached hydrogens (tertiary/aromatic N) is 2. The fourth-order valence-electron chi connectivity index (χ4n) is 2.42. The first-order chi connectivity index (χ1) is 8.58. The number of carbonyl (C=O) groups excluding carboxylic acids is 3. The van der Waals surface area contributed by atoms with Crippen molar-refractivity contribution < 1.29 is 14.4 Å². The summed E-state index contributed by atoms with van der Waals surface area (Å²) >= 11 is 0. The molecule has 0 aliphatic carbocycles. The maximum atomic E-state index is 11.8. The normalized spacial score (nSPS) is 23.6. The average Bonchev–Trinajstić information content (AvgIpc) is 2.97. The van der Waals surface area contributed by atoms with Crippen molar-refractivity contribution in [3.05, 3.63) is 0 Å². The lowest BCUT2D eigenvalue weighted by Crippen LogP contribution is -2.41. The highest BCUT2D eigenvalue weighted by atomic mass is 16.2. The number of hydrogen-bond donors (Lipinski definition) is 1. The molecule has 3 amide bonds. The van der Waals surface area contributed by atoms with Crippen molar-refractivity contribution >= 4 is 17.7 Å². The van der Waals surface area contributed by atoms with Gasteiger partial charge in [-0.2, -0.15) is 0 Å². The highest BCUT2D eigenvalue weighted by Gasteiger charge is 2.32. The Kier molecular flexibility index (Phi) is 3.84. The molecule has 2 saturated heterocycles. The van der Waals surface area contributed by atoms with Crippen molar-refractivity contribution in [1.29, 1.82) is 0 Å². The smallest absolute Gasteiger partial charge is 0.241 e. The molecule has 0 bridgehead atoms. The van der Waals surface area contributed by atoms with Crippen molar-refractivity contribution in [3.63, 3.8) is 0 Å². The lowest BCUT2D eigenvalue weighted by Gasteiger charge is -2.16. The summed E-state index contributed by atoms with van der Waals surface area (Å²) in [6.45, 7) is 2.08. The second kappa shape index (κ2) is 5.37. The van der Waals surface area contributed by atoms with E-state index in [0.717, 1.165) is 25.9 Å². The molecule has 0 radical (unpaired) electrons. The number of amides is 3. The van der Waals surface area contributed by atoms with Crippen LogP contribution in [0.25, 0.3) is 0 Å². The molecule has 18 heavy (non-hydrogen) atoms. The topological polar surface area (TPSA) is 69.7 Å². The number of rotatable bonds is 3. The number of nitrogens with one attached hydrogen (secondary N) is 1. The summed E-state index contributed by atoms with van der Waals surface area (Å²) in [5.74, 6) is -0.548. The molecule has 2 rings (SSSR count). The van der Waals surface area contributed by atoms with Gasteiger partial charge in [-0.05, 0) is 12.8 Å². The van der Waals surface area contributed by atoms with Crippen LogP contribution in [0.3, 0.4) is 0 Å². The van der Waals surface area contributed by atoms with Gasteiger partial charge in [0.1, 0.15) is 0 Å². The van der Waals surface area contributed by atoms with E-state index in [0.29, 0.717) is 6.54 Å². The molecule has 1 atom stereocenters. The summed E-state index contributed by atoms with van der Waals surface area (Å²) in [5.41, 5.74) is 0. The highest BCUT2D eigenvalue weighted by Crippen LogP contribution is 2.15. The maximum absolute atomic E-state index is 11.8. The second-order valence-corrected chi connectivity index (χ2v) is 4.98. The van der Waals surface area contributed by atoms with Gasteiger partial charge in [0.2, 0.25) is 17.7 Å². The van der Waals surface area contributed by atoms with E-state index in [1.807, 2.05) is 0 Å². The summed E-state index contributed by atoms with van der Waals surface area (Å²) in [5, 5.41) is 2.63. The minimum atomic E-state index is -0.311. The van der Waals surface area contributed by atoms with Crippen molar-refractivity contribution in [2.45, 2.75) is 19.3 Å². The Hall–Kier alpha value is -1.59. The van der Waals surface area contributed by atoms with Crippen LogP contribution >= 0.6 is 0 Å². The van der Waals surface area contributed by atoms with Crippen LogP contribution < -0.4 is 5.32 Å². The largest absolute Gasteiger partial charge is 0.347 e. The van der Waals surface area contributed by atoms with Crippen LogP contribution in [-0.2, 0) is 14.4 Å². The van der Waals surface area contributed by atoms with Gasteiger partial charge in [-0.15, -0.1) is 0 Å². The zero-order valence-electron chi connectivity index (χ0n) is 10.6. The molecule has 6 nitrogen and oxygen atoms in total. The molecular formula is C12H19N3O3. The first-order valence-electron chi connectivity index (χ1n) is 6.37. The zero-order chi connectivity index (χ0) is 13.1. The molecular weight excluding hydrogens is 234 g/mol. The molecule has 1 unspecified atom stereocenters. The standard InChI is InChI=1S/C12H19N3O3/c1-14-8-9(6-10(14)16)12(18)13-7-11(17)15-4-2-3-5-15/h9H,2-8H2,1H3,(H,13,18). The van der Waals surface area contributed by atoms with Gasteiger partial charge in [-0.3, -0.25) is 14.4 Å². The Morgan fingerprint density at radius 3 is 2.56 bits per heavy atom. The molecule has 2 fully saturated rings. The van der Waals surface area contributed by atoms with Crippen LogP contribution in [0, 0.1) is 5.92 Å². The SMILES string of the molecule is CN1CC(C(=O)NCC(=O)N2CCCC2)CC1=O. The minimum absolute atomic E-state index is 0.0129. The predicted molar refractivity (Wildman–Crippen MR) is 64.6 cm³/mol. The lowest BCUT2D eigenvalue weighted by atomic mass is 10.1. The molecule has 0 saturated carbocycles. The van der Waals surface area contributed by atoms with Crippen LogP contribution in [0.4, 0.5) is 0 Å². The fraction of sp³-hybridized carbons (Fsp3) is 0.750. The number of likely N-dealkylation sites (tertiary alicyclic amines) is 2. The van der Waals surface area contributed by atoms with Gasteiger partial charge < -0.3 is 15.1 Å². The third kappa shape index (κ3) is 2.80. The van der Waals surface area contributed by atoms with Gasteiger partial charge in [-0.25, -0.2) is 0 Å². The Bertz CT molecular complexity index is 364. The molecule has 0 aromatic rings. The minimum Gasteiger partial charge on any atom is -0.347 e. The Labute approximate surface area is 106 Å². The van der Waals surface area contributed by atoms with Crippen LogP contribution in [0.1, 0.15) is 19.3 Å². The third-order valence-electron chi connectivity index (χ3n) is 3.58. The highest BCUT2D eigenvalue weighted by molar-refractivity contribution is 5.91. The van der Waals surface area contributed by atoms with E-state index >= 15 is 0 Å². The molecule has 6 heteroatoms. The van der Waals surface area contributed by atoms with Crippen molar-refractivity contribution in [2.24, 2.45) is 5.92 Å². The van der Waals surface area contributed by atoms with Crippen LogP contribution in [0.15, 0.2) is 0 Å². The Morgan fingerprint density at radius 1 is 1.33 bits per heavy atom. The molecule has 2 aliphatic rings. The van der Waals surface area contributed by atoms with E-state index < -0.39 is 0 Å². The van der Waals surface area contributed by atoms with Gasteiger partial charge >= 0.3 is 0 Å². The zero-order valence-corrected chi connectivity index (χ0v) is 10.6. The van der Waals surface area contributed by atoms with E-state index in [9.17, 15) is 14.4 Å². The first-order valence-corrected chi connectivity index (χ1v) is 6.37. The van der Waals surface area contributed by atoms with Gasteiger partial charge in [0.05, 0.1) is 12.5 Å². The summed E-state index contributed by atoms with van der Waals surface area (Å²) < 4.78 is 0. The quantitative estimate of drug-likeness (QED) is 0.716. The Morgan fingerprint density at radius 2 is 2.00 bits per heavy atom. The molecule has 100 valence electrons. The van der Waals surface area contributed by atoms with Gasteiger partial charge in [0.15, 0.2) is 0 Å². The molecule has 2 aliphatic heterocycles. The Balaban J connectivity index is 1.74. The van der Waals surface area contributed by atoms with Crippen molar-refractivity contribution in [3.8, 4) is 0 Å². The summed E-state index contributed by atoms with van der Waals surface area (Å²) in [4.78, 5) is 38.1. The molecule has 0 aromatic carbocycles. The second-order valence-electron chi connectivity index (χ2n) is 4.98. The van der Waals surface area contributed by atoms with E-state index in [4.69, 9.17) is 0 Å². The average molecular weight is 253 g/mol. The van der Waals surface area contributed by atoms with Gasteiger partial charge in [0.25, 0.3) is 0 Å². The van der Waals surface area contributed by atoms with Gasteiger partial charge in [-0.1, -0.05) is 0 Å². The molecule has 0 spiro atoms. The number of carbonyl (C=O) groups is 3. The van der Waals surface area contributed by atoms with Crippen LogP contribution in [0.5, 0.6) is 0 Å². The maximum Gasteiger partial charge on any atom is 0.241 e. The van der Waals surface area contributed by atoms with E-state index in [1.54, 1.807) is 16.8 Å². The van der Waals surface area contributed by atoms with Gasteiger partial charge in [0, 0.05) is 33.1 Å². The van der Waals surface area contributed by atoms with E-state index in [2.05, 4.69) is 5.32 Å². The summed E-state index contributed by atoms with van der Waals surface area (Å²) in [6.07, 6.45) is 2.34. The van der Waals surface area contributed by atoms with E-state index in [1.165, 1.54) is 0 Å². The van der Waals surface area contributed by atoms with Crippen molar-refractivity contribution in [1.82, 2.24) is 15.1 Å².